The first-order valence-electron chi connectivity index (χ1n) is 8.15. The number of nitrogens with one attached hydrogen (secondary N) is 1. The number of para-hydroxylation sites is 1. The number of anilines is 1. The zero-order chi connectivity index (χ0) is 16.1. The molecule has 0 bridgehead atoms. The molecule has 0 unspecified atom stereocenters. The third-order valence-corrected chi connectivity index (χ3v) is 4.29. The Morgan fingerprint density at radius 2 is 1.65 bits per heavy atom. The fourth-order valence-electron chi connectivity index (χ4n) is 2.94. The van der Waals surface area contributed by atoms with Crippen molar-refractivity contribution in [3.63, 3.8) is 0 Å². The number of nitrogen functional groups attached to an aromatic ring is 1. The highest BCUT2D eigenvalue weighted by atomic mass is 16.1. The lowest BCUT2D eigenvalue weighted by Gasteiger charge is -2.14. The van der Waals surface area contributed by atoms with Crippen molar-refractivity contribution in [1.82, 2.24) is 10.2 Å². The molecule has 120 valence electrons. The highest BCUT2D eigenvalue weighted by molar-refractivity contribution is 5.98. The summed E-state index contributed by atoms with van der Waals surface area (Å²) in [6.45, 7) is 3.94. The van der Waals surface area contributed by atoms with Crippen LogP contribution in [0.3, 0.4) is 0 Å². The highest BCUT2D eigenvalue weighted by Gasteiger charge is 2.12. The number of likely N-dealkylation sites (tertiary alicyclic amines) is 1. The van der Waals surface area contributed by atoms with Gasteiger partial charge >= 0.3 is 0 Å². The molecule has 1 amide bonds. The molecule has 0 aliphatic carbocycles. The van der Waals surface area contributed by atoms with Crippen molar-refractivity contribution in [1.29, 1.82) is 0 Å². The van der Waals surface area contributed by atoms with Gasteiger partial charge in [-0.05, 0) is 49.2 Å². The van der Waals surface area contributed by atoms with Crippen molar-refractivity contribution in [2.45, 2.75) is 25.9 Å². The average Bonchev–Trinajstić information content (AvgIpc) is 3.07. The first-order valence-corrected chi connectivity index (χ1v) is 8.15. The smallest absolute Gasteiger partial charge is 0.253 e. The number of benzene rings is 2. The van der Waals surface area contributed by atoms with Crippen molar-refractivity contribution in [3.8, 4) is 0 Å². The Bertz CT molecular complexity index is 661. The van der Waals surface area contributed by atoms with Gasteiger partial charge in [0.15, 0.2) is 0 Å². The average molecular weight is 309 g/mol. The van der Waals surface area contributed by atoms with Gasteiger partial charge in [-0.25, -0.2) is 0 Å². The van der Waals surface area contributed by atoms with Crippen LogP contribution in [-0.2, 0) is 13.1 Å². The predicted octanol–water partition coefficient (Wildman–Crippen LogP) is 2.79. The fraction of sp³-hybridized carbons (Fsp3) is 0.316. The molecule has 4 heteroatoms. The number of carbonyl (C=O) groups excluding carboxylic acids is 1. The van der Waals surface area contributed by atoms with Gasteiger partial charge in [-0.3, -0.25) is 9.69 Å². The first-order chi connectivity index (χ1) is 11.2. The van der Waals surface area contributed by atoms with Crippen LogP contribution in [-0.4, -0.2) is 23.9 Å². The van der Waals surface area contributed by atoms with E-state index >= 15 is 0 Å². The number of rotatable bonds is 5. The SMILES string of the molecule is Nc1ccccc1C(=O)NCc1ccc(CN2CCCC2)cc1. The van der Waals surface area contributed by atoms with Crippen LogP contribution in [0.5, 0.6) is 0 Å². The quantitative estimate of drug-likeness (QED) is 0.835. The summed E-state index contributed by atoms with van der Waals surface area (Å²) < 4.78 is 0. The van der Waals surface area contributed by atoms with Gasteiger partial charge in [-0.15, -0.1) is 0 Å². The lowest BCUT2D eigenvalue weighted by atomic mass is 10.1. The molecule has 1 aliphatic heterocycles. The molecule has 0 radical (unpaired) electrons. The Labute approximate surface area is 137 Å². The van der Waals surface area contributed by atoms with E-state index in [1.54, 1.807) is 12.1 Å². The summed E-state index contributed by atoms with van der Waals surface area (Å²) in [5.74, 6) is -0.135. The second kappa shape index (κ2) is 7.29. The molecule has 3 rings (SSSR count). The number of nitrogens with two attached hydrogens (primary N) is 1. The number of hydrogen-bond acceptors (Lipinski definition) is 3. The van der Waals surface area contributed by atoms with Gasteiger partial charge in [0.2, 0.25) is 0 Å². The molecule has 3 N–H and O–H groups in total. The molecular formula is C19H23N3O. The summed E-state index contributed by atoms with van der Waals surface area (Å²) in [5.41, 5.74) is 9.28. The summed E-state index contributed by atoms with van der Waals surface area (Å²) in [6, 6.07) is 15.6. The standard InChI is InChI=1S/C19H23N3O/c20-18-6-2-1-5-17(18)19(23)21-13-15-7-9-16(10-8-15)14-22-11-3-4-12-22/h1-2,5-10H,3-4,11-14,20H2,(H,21,23). The van der Waals surface area contributed by atoms with Crippen molar-refractivity contribution >= 4 is 11.6 Å². The second-order valence-corrected chi connectivity index (χ2v) is 6.07. The minimum atomic E-state index is -0.135. The maximum absolute atomic E-state index is 12.1. The van der Waals surface area contributed by atoms with E-state index in [1.165, 1.54) is 31.5 Å². The lowest BCUT2D eigenvalue weighted by Crippen LogP contribution is -2.23. The zero-order valence-electron chi connectivity index (χ0n) is 13.3. The van der Waals surface area contributed by atoms with E-state index in [-0.39, 0.29) is 5.91 Å². The zero-order valence-corrected chi connectivity index (χ0v) is 13.3. The Balaban J connectivity index is 1.54. The molecule has 4 nitrogen and oxygen atoms in total. The topological polar surface area (TPSA) is 58.4 Å². The van der Waals surface area contributed by atoms with Gasteiger partial charge in [0.25, 0.3) is 5.91 Å². The number of nitrogens with zero attached hydrogens (tertiary/aromatic N) is 1. The van der Waals surface area contributed by atoms with Crippen LogP contribution in [0.2, 0.25) is 0 Å². The van der Waals surface area contributed by atoms with Crippen molar-refractivity contribution in [3.05, 3.63) is 65.2 Å². The molecule has 1 fully saturated rings. The first kappa shape index (κ1) is 15.6. The summed E-state index contributed by atoms with van der Waals surface area (Å²) in [4.78, 5) is 14.6. The summed E-state index contributed by atoms with van der Waals surface area (Å²) in [5, 5.41) is 2.92. The summed E-state index contributed by atoms with van der Waals surface area (Å²) in [6.07, 6.45) is 2.62. The molecule has 2 aromatic carbocycles. The minimum absolute atomic E-state index is 0.135. The van der Waals surface area contributed by atoms with Gasteiger partial charge in [-0.1, -0.05) is 36.4 Å². The normalized spacial score (nSPS) is 14.8. The molecular weight excluding hydrogens is 286 g/mol. The third kappa shape index (κ3) is 4.11. The molecule has 23 heavy (non-hydrogen) atoms. The summed E-state index contributed by atoms with van der Waals surface area (Å²) in [7, 11) is 0. The highest BCUT2D eigenvalue weighted by Crippen LogP contribution is 2.14. The Hall–Kier alpha value is -2.33. The van der Waals surface area contributed by atoms with Crippen LogP contribution in [0.25, 0.3) is 0 Å². The van der Waals surface area contributed by atoms with Gasteiger partial charge in [0, 0.05) is 18.8 Å². The molecule has 1 saturated heterocycles. The van der Waals surface area contributed by atoms with Crippen molar-refractivity contribution in [2.75, 3.05) is 18.8 Å². The van der Waals surface area contributed by atoms with Gasteiger partial charge < -0.3 is 11.1 Å². The third-order valence-electron chi connectivity index (χ3n) is 4.29. The summed E-state index contributed by atoms with van der Waals surface area (Å²) >= 11 is 0. The van der Waals surface area contributed by atoms with E-state index in [1.807, 2.05) is 12.1 Å². The number of amides is 1. The van der Waals surface area contributed by atoms with Gasteiger partial charge in [0.05, 0.1) is 5.56 Å². The van der Waals surface area contributed by atoms with E-state index in [2.05, 4.69) is 34.5 Å². The predicted molar refractivity (Wildman–Crippen MR) is 93.0 cm³/mol. The van der Waals surface area contributed by atoms with Gasteiger partial charge in [-0.2, -0.15) is 0 Å². The maximum atomic E-state index is 12.1. The van der Waals surface area contributed by atoms with Crippen LogP contribution in [0.15, 0.2) is 48.5 Å². The number of hydrogen-bond donors (Lipinski definition) is 2. The van der Waals surface area contributed by atoms with E-state index in [4.69, 9.17) is 5.73 Å². The van der Waals surface area contributed by atoms with Gasteiger partial charge in [0.1, 0.15) is 0 Å². The van der Waals surface area contributed by atoms with Crippen molar-refractivity contribution < 1.29 is 4.79 Å². The Morgan fingerprint density at radius 3 is 2.35 bits per heavy atom. The molecule has 0 spiro atoms. The second-order valence-electron chi connectivity index (χ2n) is 6.07. The molecule has 0 aromatic heterocycles. The van der Waals surface area contributed by atoms with E-state index < -0.39 is 0 Å². The van der Waals surface area contributed by atoms with Crippen LogP contribution in [0.4, 0.5) is 5.69 Å². The fourth-order valence-corrected chi connectivity index (χ4v) is 2.94. The molecule has 1 heterocycles. The maximum Gasteiger partial charge on any atom is 0.253 e. The molecule has 0 atom stereocenters. The number of carbonyl (C=O) groups is 1. The lowest BCUT2D eigenvalue weighted by molar-refractivity contribution is 0.0952. The van der Waals surface area contributed by atoms with Crippen LogP contribution in [0.1, 0.15) is 34.3 Å². The van der Waals surface area contributed by atoms with E-state index in [9.17, 15) is 4.79 Å². The van der Waals surface area contributed by atoms with E-state index in [0.29, 0.717) is 17.8 Å². The molecule has 0 saturated carbocycles. The molecule has 2 aromatic rings. The minimum Gasteiger partial charge on any atom is -0.398 e. The van der Waals surface area contributed by atoms with Crippen molar-refractivity contribution in [2.24, 2.45) is 0 Å². The van der Waals surface area contributed by atoms with Crippen LogP contribution >= 0.6 is 0 Å². The van der Waals surface area contributed by atoms with Crippen LogP contribution in [0, 0.1) is 0 Å². The Morgan fingerprint density at radius 1 is 1.00 bits per heavy atom. The van der Waals surface area contributed by atoms with Crippen LogP contribution < -0.4 is 11.1 Å². The largest absolute Gasteiger partial charge is 0.398 e. The molecule has 1 aliphatic rings. The Kier molecular flexibility index (Phi) is 4.93. The van der Waals surface area contributed by atoms with E-state index in [0.717, 1.165) is 12.1 Å². The monoisotopic (exact) mass is 309 g/mol.